The van der Waals surface area contributed by atoms with Gasteiger partial charge in [0.05, 0.1) is 0 Å². The van der Waals surface area contributed by atoms with Gasteiger partial charge in [0.2, 0.25) is 5.82 Å². The van der Waals surface area contributed by atoms with Crippen LogP contribution in [0, 0.1) is 0 Å². The molecule has 6 nitrogen and oxygen atoms in total. The van der Waals surface area contributed by atoms with Gasteiger partial charge in [-0.25, -0.2) is 9.89 Å². The van der Waals surface area contributed by atoms with Crippen molar-refractivity contribution in [3.8, 4) is 0 Å². The predicted octanol–water partition coefficient (Wildman–Crippen LogP) is 1.43. The SMILES string of the molecule is O=C(NC1CC(c2cccc(Cl)c2)C1)c1n[nH]c(=O)[nH]1. The van der Waals surface area contributed by atoms with Crippen LogP contribution in [0.15, 0.2) is 29.1 Å². The van der Waals surface area contributed by atoms with Crippen LogP contribution in [-0.2, 0) is 0 Å². The van der Waals surface area contributed by atoms with Gasteiger partial charge in [0.15, 0.2) is 0 Å². The highest BCUT2D eigenvalue weighted by Gasteiger charge is 2.32. The van der Waals surface area contributed by atoms with Crippen molar-refractivity contribution in [2.24, 2.45) is 0 Å². The van der Waals surface area contributed by atoms with Gasteiger partial charge in [0, 0.05) is 11.1 Å². The number of nitrogens with one attached hydrogen (secondary N) is 3. The summed E-state index contributed by atoms with van der Waals surface area (Å²) in [4.78, 5) is 25.0. The van der Waals surface area contributed by atoms with E-state index in [0.717, 1.165) is 17.9 Å². The van der Waals surface area contributed by atoms with Crippen LogP contribution in [0.2, 0.25) is 5.02 Å². The molecule has 1 aromatic heterocycles. The second-order valence-corrected chi connectivity index (χ2v) is 5.36. The first-order chi connectivity index (χ1) is 9.61. The molecule has 3 N–H and O–H groups in total. The minimum atomic E-state index is -0.486. The fourth-order valence-corrected chi connectivity index (χ4v) is 2.60. The van der Waals surface area contributed by atoms with E-state index < -0.39 is 5.69 Å². The molecule has 0 atom stereocenters. The first kappa shape index (κ1) is 12.9. The number of H-pyrrole nitrogens is 2. The smallest absolute Gasteiger partial charge is 0.341 e. The van der Waals surface area contributed by atoms with E-state index in [1.807, 2.05) is 24.3 Å². The second kappa shape index (κ2) is 5.13. The van der Waals surface area contributed by atoms with Crippen LogP contribution in [-0.4, -0.2) is 27.1 Å². The van der Waals surface area contributed by atoms with E-state index in [1.165, 1.54) is 5.56 Å². The molecular formula is C13H13ClN4O2. The van der Waals surface area contributed by atoms with E-state index in [0.29, 0.717) is 5.92 Å². The summed E-state index contributed by atoms with van der Waals surface area (Å²) < 4.78 is 0. The molecule has 20 heavy (non-hydrogen) atoms. The molecular weight excluding hydrogens is 280 g/mol. The van der Waals surface area contributed by atoms with Crippen molar-refractivity contribution in [3.63, 3.8) is 0 Å². The lowest BCUT2D eigenvalue weighted by Crippen LogP contribution is -2.43. The Kier molecular flexibility index (Phi) is 3.31. The normalized spacial score (nSPS) is 21.2. The molecule has 1 heterocycles. The van der Waals surface area contributed by atoms with Crippen molar-refractivity contribution in [3.05, 3.63) is 51.2 Å². The van der Waals surface area contributed by atoms with Gasteiger partial charge in [-0.3, -0.25) is 9.78 Å². The molecule has 104 valence electrons. The predicted molar refractivity (Wildman–Crippen MR) is 73.9 cm³/mol. The molecule has 2 aromatic rings. The zero-order valence-corrected chi connectivity index (χ0v) is 11.3. The van der Waals surface area contributed by atoms with Gasteiger partial charge in [-0.15, -0.1) is 5.10 Å². The Balaban J connectivity index is 1.56. The summed E-state index contributed by atoms with van der Waals surface area (Å²) in [6.45, 7) is 0. The molecule has 0 saturated heterocycles. The molecule has 0 aliphatic heterocycles. The van der Waals surface area contributed by atoms with Crippen molar-refractivity contribution in [2.45, 2.75) is 24.8 Å². The van der Waals surface area contributed by atoms with Gasteiger partial charge in [-0.05, 0) is 36.5 Å². The zero-order valence-electron chi connectivity index (χ0n) is 10.5. The van der Waals surface area contributed by atoms with Crippen LogP contribution in [0.4, 0.5) is 0 Å². The topological polar surface area (TPSA) is 90.6 Å². The maximum Gasteiger partial charge on any atom is 0.341 e. The van der Waals surface area contributed by atoms with Crippen LogP contribution in [0.25, 0.3) is 0 Å². The summed E-state index contributed by atoms with van der Waals surface area (Å²) in [7, 11) is 0. The first-order valence-corrected chi connectivity index (χ1v) is 6.70. The number of hydrogen-bond acceptors (Lipinski definition) is 3. The Hall–Kier alpha value is -2.08. The third-order valence-corrected chi connectivity index (χ3v) is 3.74. The summed E-state index contributed by atoms with van der Waals surface area (Å²) >= 11 is 5.96. The van der Waals surface area contributed by atoms with Crippen LogP contribution < -0.4 is 11.0 Å². The Morgan fingerprint density at radius 2 is 2.20 bits per heavy atom. The quantitative estimate of drug-likeness (QED) is 0.799. The van der Waals surface area contributed by atoms with Crippen LogP contribution in [0.5, 0.6) is 0 Å². The molecule has 0 unspecified atom stereocenters. The average Bonchev–Trinajstić information content (AvgIpc) is 2.80. The molecule has 0 radical (unpaired) electrons. The van der Waals surface area contributed by atoms with E-state index in [4.69, 9.17) is 11.6 Å². The summed E-state index contributed by atoms with van der Waals surface area (Å²) in [5, 5.41) is 9.32. The average molecular weight is 293 g/mol. The maximum atomic E-state index is 11.8. The highest BCUT2D eigenvalue weighted by atomic mass is 35.5. The molecule has 7 heteroatoms. The molecule has 1 saturated carbocycles. The maximum absolute atomic E-state index is 11.8. The molecule has 0 spiro atoms. The van der Waals surface area contributed by atoms with E-state index in [2.05, 4.69) is 20.5 Å². The lowest BCUT2D eigenvalue weighted by Gasteiger charge is -2.36. The molecule has 1 aromatic carbocycles. The highest BCUT2D eigenvalue weighted by Crippen LogP contribution is 2.37. The number of nitrogens with zero attached hydrogens (tertiary/aromatic N) is 1. The fraction of sp³-hybridized carbons (Fsp3) is 0.308. The van der Waals surface area contributed by atoms with Gasteiger partial charge in [0.1, 0.15) is 0 Å². The van der Waals surface area contributed by atoms with Crippen molar-refractivity contribution >= 4 is 17.5 Å². The lowest BCUT2D eigenvalue weighted by atomic mass is 9.76. The largest absolute Gasteiger partial charge is 0.347 e. The number of aromatic amines is 2. The van der Waals surface area contributed by atoms with Crippen molar-refractivity contribution in [1.29, 1.82) is 0 Å². The first-order valence-electron chi connectivity index (χ1n) is 6.33. The number of rotatable bonds is 3. The minimum absolute atomic E-state index is 0.0150. The van der Waals surface area contributed by atoms with Crippen molar-refractivity contribution < 1.29 is 4.79 Å². The summed E-state index contributed by atoms with van der Waals surface area (Å²) in [6.07, 6.45) is 1.72. The van der Waals surface area contributed by atoms with Crippen LogP contribution in [0.1, 0.15) is 34.9 Å². The van der Waals surface area contributed by atoms with E-state index in [9.17, 15) is 9.59 Å². The summed E-state index contributed by atoms with van der Waals surface area (Å²) in [5.74, 6) is 0.0660. The molecule has 1 fully saturated rings. The summed E-state index contributed by atoms with van der Waals surface area (Å²) in [5.41, 5.74) is 0.705. The lowest BCUT2D eigenvalue weighted by molar-refractivity contribution is 0.0898. The molecule has 1 aliphatic rings. The Labute approximate surface area is 119 Å². The second-order valence-electron chi connectivity index (χ2n) is 4.92. The Morgan fingerprint density at radius 3 is 2.85 bits per heavy atom. The number of aromatic nitrogens is 3. The Morgan fingerprint density at radius 1 is 1.40 bits per heavy atom. The van der Waals surface area contributed by atoms with Gasteiger partial charge in [0.25, 0.3) is 5.91 Å². The van der Waals surface area contributed by atoms with Crippen molar-refractivity contribution in [2.75, 3.05) is 0 Å². The fourth-order valence-electron chi connectivity index (χ4n) is 2.40. The number of benzene rings is 1. The van der Waals surface area contributed by atoms with Gasteiger partial charge in [-0.1, -0.05) is 23.7 Å². The highest BCUT2D eigenvalue weighted by molar-refractivity contribution is 6.30. The molecule has 0 bridgehead atoms. The van der Waals surface area contributed by atoms with Gasteiger partial charge in [-0.2, -0.15) is 0 Å². The van der Waals surface area contributed by atoms with Gasteiger partial charge >= 0.3 is 5.69 Å². The number of hydrogen-bond donors (Lipinski definition) is 3. The molecule has 1 amide bonds. The summed E-state index contributed by atoms with van der Waals surface area (Å²) in [6, 6.07) is 7.87. The van der Waals surface area contributed by atoms with E-state index >= 15 is 0 Å². The standard InChI is InChI=1S/C13H13ClN4O2/c14-9-3-1-2-7(4-9)8-5-10(6-8)15-12(19)11-16-13(20)18-17-11/h1-4,8,10H,5-6H2,(H,15,19)(H2,16,17,18,20). The molecule has 3 rings (SSSR count). The van der Waals surface area contributed by atoms with Gasteiger partial charge < -0.3 is 5.32 Å². The number of halogens is 1. The van der Waals surface area contributed by atoms with Crippen molar-refractivity contribution in [1.82, 2.24) is 20.5 Å². The zero-order chi connectivity index (χ0) is 14.1. The Bertz CT molecular complexity index is 687. The third-order valence-electron chi connectivity index (χ3n) is 3.51. The number of carbonyl (C=O) groups excluding carboxylic acids is 1. The van der Waals surface area contributed by atoms with Crippen LogP contribution in [0.3, 0.4) is 0 Å². The monoisotopic (exact) mass is 292 g/mol. The van der Waals surface area contributed by atoms with Crippen LogP contribution >= 0.6 is 11.6 Å². The number of carbonyl (C=O) groups is 1. The van der Waals surface area contributed by atoms with E-state index in [-0.39, 0.29) is 17.8 Å². The minimum Gasteiger partial charge on any atom is -0.347 e. The molecule has 1 aliphatic carbocycles. The van der Waals surface area contributed by atoms with E-state index in [1.54, 1.807) is 0 Å². The number of amides is 1. The third kappa shape index (κ3) is 2.60.